The Morgan fingerprint density at radius 3 is 2.06 bits per heavy atom. The molecule has 2 saturated carbocycles. The van der Waals surface area contributed by atoms with E-state index in [1.165, 1.54) is 82.6 Å². The minimum atomic E-state index is 0.559. The summed E-state index contributed by atoms with van der Waals surface area (Å²) in [4.78, 5) is 0. The van der Waals surface area contributed by atoms with Gasteiger partial charge in [-0.05, 0) is 105 Å². The van der Waals surface area contributed by atoms with Gasteiger partial charge in [-0.2, -0.15) is 0 Å². The predicted molar refractivity (Wildman–Crippen MR) is 142 cm³/mol. The molecule has 3 aliphatic rings. The van der Waals surface area contributed by atoms with Gasteiger partial charge >= 0.3 is 0 Å². The van der Waals surface area contributed by atoms with E-state index in [0.29, 0.717) is 11.8 Å². The monoisotopic (exact) mass is 448 g/mol. The van der Waals surface area contributed by atoms with Crippen LogP contribution in [0.4, 0.5) is 0 Å². The summed E-state index contributed by atoms with van der Waals surface area (Å²) in [5.41, 5.74) is 1.41. The fraction of sp³-hybridized carbons (Fsp3) is 0.688. The summed E-state index contributed by atoms with van der Waals surface area (Å²) in [6.07, 6.45) is 28.1. The average molecular weight is 449 g/mol. The van der Waals surface area contributed by atoms with E-state index in [2.05, 4.69) is 62.4 Å². The minimum Gasteiger partial charge on any atom is -0.493 e. The van der Waals surface area contributed by atoms with Crippen LogP contribution in [0.5, 0.6) is 5.75 Å². The van der Waals surface area contributed by atoms with Crippen molar-refractivity contribution >= 4 is 0 Å². The summed E-state index contributed by atoms with van der Waals surface area (Å²) >= 11 is 0. The molecular formula is C32H48O. The summed E-state index contributed by atoms with van der Waals surface area (Å²) in [7, 11) is 0. The Morgan fingerprint density at radius 1 is 0.758 bits per heavy atom. The molecule has 1 aromatic rings. The lowest BCUT2D eigenvalue weighted by atomic mass is 9.69. The van der Waals surface area contributed by atoms with E-state index in [1.54, 1.807) is 0 Å². The lowest BCUT2D eigenvalue weighted by molar-refractivity contribution is 0.154. The maximum Gasteiger partial charge on any atom is 0.119 e. The van der Waals surface area contributed by atoms with Crippen LogP contribution < -0.4 is 4.74 Å². The van der Waals surface area contributed by atoms with E-state index in [0.717, 1.165) is 42.4 Å². The highest BCUT2D eigenvalue weighted by atomic mass is 16.5. The smallest absolute Gasteiger partial charge is 0.119 e. The zero-order chi connectivity index (χ0) is 22.9. The van der Waals surface area contributed by atoms with Crippen LogP contribution in [0.3, 0.4) is 0 Å². The Bertz CT molecular complexity index is 728. The molecule has 1 nitrogen and oxygen atoms in total. The number of hydrogen-bond acceptors (Lipinski definition) is 1. The van der Waals surface area contributed by atoms with Crippen LogP contribution in [-0.4, -0.2) is 6.61 Å². The van der Waals surface area contributed by atoms with E-state index >= 15 is 0 Å². The van der Waals surface area contributed by atoms with Gasteiger partial charge < -0.3 is 4.74 Å². The number of aryl methyl sites for hydroxylation is 1. The first kappa shape index (κ1) is 24.6. The normalized spacial score (nSPS) is 32.8. The van der Waals surface area contributed by atoms with Crippen LogP contribution in [0.1, 0.15) is 96.5 Å². The minimum absolute atomic E-state index is 0.559. The van der Waals surface area contributed by atoms with Crippen LogP contribution in [0, 0.1) is 35.5 Å². The number of rotatable bonds is 9. The highest BCUT2D eigenvalue weighted by molar-refractivity contribution is 5.27. The third-order valence-corrected chi connectivity index (χ3v) is 9.01. The second kappa shape index (κ2) is 12.8. The number of allylic oxidation sites excluding steroid dienone is 3. The van der Waals surface area contributed by atoms with E-state index in [9.17, 15) is 0 Å². The molecule has 0 spiro atoms. The summed E-state index contributed by atoms with van der Waals surface area (Å²) in [5.74, 6) is 6.16. The van der Waals surface area contributed by atoms with Crippen molar-refractivity contribution in [2.24, 2.45) is 35.5 Å². The highest BCUT2D eigenvalue weighted by Gasteiger charge is 2.30. The highest BCUT2D eigenvalue weighted by Crippen LogP contribution is 2.42. The maximum atomic E-state index is 6.07. The summed E-state index contributed by atoms with van der Waals surface area (Å²) < 4.78 is 6.07. The molecule has 182 valence electrons. The molecule has 2 atom stereocenters. The van der Waals surface area contributed by atoms with E-state index in [-0.39, 0.29) is 0 Å². The van der Waals surface area contributed by atoms with Gasteiger partial charge in [0.15, 0.2) is 0 Å². The van der Waals surface area contributed by atoms with Crippen LogP contribution in [0.25, 0.3) is 0 Å². The molecule has 2 fully saturated rings. The first-order valence-corrected chi connectivity index (χ1v) is 14.3. The summed E-state index contributed by atoms with van der Waals surface area (Å²) in [6, 6.07) is 8.68. The van der Waals surface area contributed by atoms with E-state index in [4.69, 9.17) is 4.74 Å². The molecule has 1 aromatic carbocycles. The van der Waals surface area contributed by atoms with Crippen LogP contribution in [0.15, 0.2) is 48.6 Å². The zero-order valence-corrected chi connectivity index (χ0v) is 21.4. The molecule has 3 aliphatic carbocycles. The Hall–Kier alpha value is -1.50. The third-order valence-electron chi connectivity index (χ3n) is 9.01. The topological polar surface area (TPSA) is 9.23 Å². The van der Waals surface area contributed by atoms with Crippen molar-refractivity contribution in [3.63, 3.8) is 0 Å². The van der Waals surface area contributed by atoms with Gasteiger partial charge in [0.1, 0.15) is 5.75 Å². The quantitative estimate of drug-likeness (QED) is 0.342. The van der Waals surface area contributed by atoms with Crippen molar-refractivity contribution < 1.29 is 4.74 Å². The number of hydrogen-bond donors (Lipinski definition) is 0. The fourth-order valence-electron chi connectivity index (χ4n) is 6.62. The molecule has 0 N–H and O–H groups in total. The van der Waals surface area contributed by atoms with E-state index in [1.807, 2.05) is 0 Å². The van der Waals surface area contributed by atoms with Gasteiger partial charge in [-0.1, -0.05) is 76.0 Å². The third kappa shape index (κ3) is 7.49. The van der Waals surface area contributed by atoms with Crippen LogP contribution in [-0.2, 0) is 6.42 Å². The number of benzene rings is 1. The van der Waals surface area contributed by atoms with Gasteiger partial charge in [-0.25, -0.2) is 0 Å². The molecule has 0 heterocycles. The molecule has 0 aromatic heterocycles. The molecule has 33 heavy (non-hydrogen) atoms. The van der Waals surface area contributed by atoms with E-state index < -0.39 is 0 Å². The number of ether oxygens (including phenoxy) is 1. The first-order chi connectivity index (χ1) is 16.2. The molecule has 1 heteroatoms. The van der Waals surface area contributed by atoms with Gasteiger partial charge in [0.2, 0.25) is 0 Å². The molecular weight excluding hydrogens is 400 g/mol. The molecule has 0 radical (unpaired) electrons. The molecule has 2 unspecified atom stereocenters. The molecule has 4 rings (SSSR count). The molecule has 0 bridgehead atoms. The van der Waals surface area contributed by atoms with Gasteiger partial charge in [0.25, 0.3) is 0 Å². The lowest BCUT2D eigenvalue weighted by Gasteiger charge is -2.37. The Morgan fingerprint density at radius 2 is 1.45 bits per heavy atom. The van der Waals surface area contributed by atoms with Gasteiger partial charge in [-0.15, -0.1) is 0 Å². The van der Waals surface area contributed by atoms with Crippen molar-refractivity contribution in [2.75, 3.05) is 6.61 Å². The lowest BCUT2D eigenvalue weighted by Crippen LogP contribution is -2.25. The van der Waals surface area contributed by atoms with Gasteiger partial charge in [0.05, 0.1) is 6.61 Å². The largest absolute Gasteiger partial charge is 0.493 e. The Balaban J connectivity index is 1.14. The van der Waals surface area contributed by atoms with Crippen molar-refractivity contribution in [1.29, 1.82) is 0 Å². The van der Waals surface area contributed by atoms with Crippen molar-refractivity contribution in [3.05, 3.63) is 54.1 Å². The second-order valence-corrected chi connectivity index (χ2v) is 11.3. The van der Waals surface area contributed by atoms with Crippen molar-refractivity contribution in [2.45, 2.75) is 97.3 Å². The Labute approximate surface area is 204 Å². The summed E-state index contributed by atoms with van der Waals surface area (Å²) in [5, 5.41) is 0. The molecule has 0 saturated heterocycles. The van der Waals surface area contributed by atoms with Crippen molar-refractivity contribution in [1.82, 2.24) is 0 Å². The predicted octanol–water partition coefficient (Wildman–Crippen LogP) is 9.18. The second-order valence-electron chi connectivity index (χ2n) is 11.3. The SMILES string of the molecule is CCCc1ccc(OCC2C=CC(/C=C/C3CCC(C4CCC(CC)CC4)CC3)CC2)cc1. The first-order valence-electron chi connectivity index (χ1n) is 14.3. The van der Waals surface area contributed by atoms with Gasteiger partial charge in [-0.3, -0.25) is 0 Å². The van der Waals surface area contributed by atoms with Crippen LogP contribution in [0.2, 0.25) is 0 Å². The summed E-state index contributed by atoms with van der Waals surface area (Å²) in [6.45, 7) is 5.42. The van der Waals surface area contributed by atoms with Gasteiger partial charge in [0, 0.05) is 5.92 Å². The van der Waals surface area contributed by atoms with Crippen LogP contribution >= 0.6 is 0 Å². The maximum absolute atomic E-state index is 6.07. The zero-order valence-electron chi connectivity index (χ0n) is 21.4. The fourth-order valence-corrected chi connectivity index (χ4v) is 6.62. The van der Waals surface area contributed by atoms with Crippen molar-refractivity contribution in [3.8, 4) is 5.75 Å². The average Bonchev–Trinajstić information content (AvgIpc) is 2.88. The Kier molecular flexibility index (Phi) is 9.56. The molecule has 0 amide bonds. The molecule has 0 aliphatic heterocycles. The standard InChI is InChI=1S/C32H48O/c1-3-5-26-16-22-32(23-17-26)33-24-29-10-8-27(9-11-29)6-7-28-14-20-31(21-15-28)30-18-12-25(4-2)13-19-30/h6-8,10,16-17,22-23,25,27-31H,3-5,9,11-15,18-21,24H2,1-2H3/b7-6+.